The molecule has 2 atom stereocenters. The van der Waals surface area contributed by atoms with E-state index in [1.807, 2.05) is 44.2 Å². The summed E-state index contributed by atoms with van der Waals surface area (Å²) in [6.07, 6.45) is 0.975. The predicted octanol–water partition coefficient (Wildman–Crippen LogP) is 3.42. The van der Waals surface area contributed by atoms with Crippen LogP contribution in [-0.2, 0) is 16.6 Å². The molecular weight excluding hydrogens is 379 g/mol. The zero-order chi connectivity index (χ0) is 20.3. The lowest BCUT2D eigenvalue weighted by atomic mass is 9.94. The standard InChI is InChI=1S/C21H25FN2O3S/c1-15-10-16(2)14-24(13-15)28(26,27)18-8-9-20(22)19(11-18)21(25)23-12-17-6-4-3-5-7-17/h3-9,11,15-16H,10,12-14H2,1-2H3,(H,23,25)/t15-,16-/m0/s1. The molecule has 0 spiro atoms. The molecule has 2 aromatic carbocycles. The summed E-state index contributed by atoms with van der Waals surface area (Å²) >= 11 is 0. The van der Waals surface area contributed by atoms with Gasteiger partial charge in [0.1, 0.15) is 5.82 Å². The van der Waals surface area contributed by atoms with Crippen molar-refractivity contribution in [3.8, 4) is 0 Å². The van der Waals surface area contributed by atoms with Crippen molar-refractivity contribution in [3.63, 3.8) is 0 Å². The summed E-state index contributed by atoms with van der Waals surface area (Å²) in [6, 6.07) is 12.6. The highest BCUT2D eigenvalue weighted by atomic mass is 32.2. The van der Waals surface area contributed by atoms with Crippen molar-refractivity contribution < 1.29 is 17.6 Å². The highest BCUT2D eigenvalue weighted by Gasteiger charge is 2.32. The van der Waals surface area contributed by atoms with Crippen molar-refractivity contribution >= 4 is 15.9 Å². The zero-order valence-electron chi connectivity index (χ0n) is 16.1. The van der Waals surface area contributed by atoms with Gasteiger partial charge in [-0.05, 0) is 42.0 Å². The molecule has 1 saturated heterocycles. The second-order valence-electron chi connectivity index (χ2n) is 7.58. The molecule has 0 radical (unpaired) electrons. The van der Waals surface area contributed by atoms with Crippen LogP contribution >= 0.6 is 0 Å². The van der Waals surface area contributed by atoms with E-state index in [-0.39, 0.29) is 28.8 Å². The summed E-state index contributed by atoms with van der Waals surface area (Å²) in [5, 5.41) is 2.64. The molecule has 0 aliphatic carbocycles. The Hall–Kier alpha value is -2.25. The van der Waals surface area contributed by atoms with Gasteiger partial charge in [-0.2, -0.15) is 4.31 Å². The molecule has 1 N–H and O–H groups in total. The number of halogens is 1. The van der Waals surface area contributed by atoms with Gasteiger partial charge in [-0.15, -0.1) is 0 Å². The molecule has 0 saturated carbocycles. The van der Waals surface area contributed by atoms with Gasteiger partial charge in [0.05, 0.1) is 10.5 Å². The number of amides is 1. The smallest absolute Gasteiger partial charge is 0.254 e. The van der Waals surface area contributed by atoms with Gasteiger partial charge in [0, 0.05) is 19.6 Å². The average Bonchev–Trinajstić information content (AvgIpc) is 2.66. The first-order chi connectivity index (χ1) is 13.3. The molecule has 5 nitrogen and oxygen atoms in total. The summed E-state index contributed by atoms with van der Waals surface area (Å²) < 4.78 is 41.7. The lowest BCUT2D eigenvalue weighted by molar-refractivity contribution is 0.0946. The fraction of sp³-hybridized carbons (Fsp3) is 0.381. The third kappa shape index (κ3) is 4.59. The highest BCUT2D eigenvalue weighted by Crippen LogP contribution is 2.27. The lowest BCUT2D eigenvalue weighted by Gasteiger charge is -2.34. The largest absolute Gasteiger partial charge is 0.348 e. The van der Waals surface area contributed by atoms with Crippen molar-refractivity contribution in [2.24, 2.45) is 11.8 Å². The number of hydrogen-bond donors (Lipinski definition) is 1. The molecule has 0 aromatic heterocycles. The van der Waals surface area contributed by atoms with E-state index in [4.69, 9.17) is 0 Å². The maximum atomic E-state index is 14.2. The Morgan fingerprint density at radius 3 is 2.39 bits per heavy atom. The topological polar surface area (TPSA) is 66.5 Å². The average molecular weight is 405 g/mol. The normalized spacial score (nSPS) is 20.7. The molecule has 1 heterocycles. The second-order valence-corrected chi connectivity index (χ2v) is 9.52. The maximum Gasteiger partial charge on any atom is 0.254 e. The number of carbonyl (C=O) groups is 1. The second kappa shape index (κ2) is 8.41. The lowest BCUT2D eigenvalue weighted by Crippen LogP contribution is -2.42. The molecule has 0 bridgehead atoms. The number of nitrogens with zero attached hydrogens (tertiary/aromatic N) is 1. The molecule has 28 heavy (non-hydrogen) atoms. The number of hydrogen-bond acceptors (Lipinski definition) is 3. The Labute approximate surface area is 165 Å². The maximum absolute atomic E-state index is 14.2. The monoisotopic (exact) mass is 404 g/mol. The number of rotatable bonds is 5. The molecule has 1 fully saturated rings. The first-order valence-electron chi connectivity index (χ1n) is 9.39. The zero-order valence-corrected chi connectivity index (χ0v) is 16.9. The van der Waals surface area contributed by atoms with Crippen LogP contribution in [0, 0.1) is 17.7 Å². The van der Waals surface area contributed by atoms with E-state index in [1.165, 1.54) is 10.4 Å². The van der Waals surface area contributed by atoms with E-state index in [0.29, 0.717) is 13.1 Å². The van der Waals surface area contributed by atoms with Crippen molar-refractivity contribution in [1.82, 2.24) is 9.62 Å². The molecule has 7 heteroatoms. The Balaban J connectivity index is 1.81. The fourth-order valence-electron chi connectivity index (χ4n) is 3.66. The van der Waals surface area contributed by atoms with E-state index in [0.717, 1.165) is 24.1 Å². The van der Waals surface area contributed by atoms with Crippen LogP contribution < -0.4 is 5.32 Å². The minimum atomic E-state index is -3.78. The molecule has 3 rings (SSSR count). The summed E-state index contributed by atoms with van der Waals surface area (Å²) in [5.41, 5.74) is 0.603. The van der Waals surface area contributed by atoms with Crippen LogP contribution in [0.25, 0.3) is 0 Å². The molecular formula is C21H25FN2O3S. The molecule has 1 amide bonds. The van der Waals surface area contributed by atoms with Crippen LogP contribution in [0.15, 0.2) is 53.4 Å². The number of sulfonamides is 1. The van der Waals surface area contributed by atoms with Crippen LogP contribution in [0.4, 0.5) is 4.39 Å². The third-order valence-corrected chi connectivity index (χ3v) is 6.78. The summed E-state index contributed by atoms with van der Waals surface area (Å²) in [6.45, 7) is 5.13. The van der Waals surface area contributed by atoms with Gasteiger partial charge in [0.2, 0.25) is 10.0 Å². The molecule has 150 valence electrons. The number of benzene rings is 2. The minimum absolute atomic E-state index is 0.0555. The quantitative estimate of drug-likeness (QED) is 0.830. The van der Waals surface area contributed by atoms with Crippen molar-refractivity contribution in [1.29, 1.82) is 0 Å². The summed E-state index contributed by atoms with van der Waals surface area (Å²) in [7, 11) is -3.78. The van der Waals surface area contributed by atoms with Gasteiger partial charge >= 0.3 is 0 Å². The van der Waals surface area contributed by atoms with Crippen LogP contribution in [0.2, 0.25) is 0 Å². The van der Waals surface area contributed by atoms with Gasteiger partial charge in [-0.1, -0.05) is 44.2 Å². The van der Waals surface area contributed by atoms with Gasteiger partial charge in [0.25, 0.3) is 5.91 Å². The number of piperidine rings is 1. The van der Waals surface area contributed by atoms with Gasteiger partial charge in [-0.25, -0.2) is 12.8 Å². The number of carbonyl (C=O) groups excluding carboxylic acids is 1. The van der Waals surface area contributed by atoms with Crippen LogP contribution in [0.5, 0.6) is 0 Å². The van der Waals surface area contributed by atoms with Gasteiger partial charge in [0.15, 0.2) is 0 Å². The van der Waals surface area contributed by atoms with Crippen molar-refractivity contribution in [3.05, 3.63) is 65.5 Å². The van der Waals surface area contributed by atoms with Crippen molar-refractivity contribution in [2.75, 3.05) is 13.1 Å². The summed E-state index contributed by atoms with van der Waals surface area (Å²) in [5.74, 6) is -0.871. The van der Waals surface area contributed by atoms with E-state index in [1.54, 1.807) is 0 Å². The van der Waals surface area contributed by atoms with E-state index in [9.17, 15) is 17.6 Å². The van der Waals surface area contributed by atoms with Crippen LogP contribution in [0.3, 0.4) is 0 Å². The van der Waals surface area contributed by atoms with Crippen molar-refractivity contribution in [2.45, 2.75) is 31.7 Å². The van der Waals surface area contributed by atoms with E-state index >= 15 is 0 Å². The van der Waals surface area contributed by atoms with E-state index in [2.05, 4.69) is 5.32 Å². The molecule has 1 aliphatic rings. The number of nitrogens with one attached hydrogen (secondary N) is 1. The molecule has 1 aliphatic heterocycles. The first-order valence-corrected chi connectivity index (χ1v) is 10.8. The Kier molecular flexibility index (Phi) is 6.15. The highest BCUT2D eigenvalue weighted by molar-refractivity contribution is 7.89. The first kappa shape index (κ1) is 20.5. The summed E-state index contributed by atoms with van der Waals surface area (Å²) in [4.78, 5) is 12.4. The van der Waals surface area contributed by atoms with Crippen LogP contribution in [-0.4, -0.2) is 31.7 Å². The SMILES string of the molecule is C[C@H]1C[C@H](C)CN(S(=O)(=O)c2ccc(F)c(C(=O)NCc3ccccc3)c2)C1. The molecule has 2 aromatic rings. The minimum Gasteiger partial charge on any atom is -0.348 e. The Morgan fingerprint density at radius 1 is 1.11 bits per heavy atom. The Morgan fingerprint density at radius 2 is 1.75 bits per heavy atom. The predicted molar refractivity (Wildman–Crippen MR) is 106 cm³/mol. The van der Waals surface area contributed by atoms with Gasteiger partial charge < -0.3 is 5.32 Å². The third-order valence-electron chi connectivity index (χ3n) is 4.95. The molecule has 0 unspecified atom stereocenters. The van der Waals surface area contributed by atoms with Crippen LogP contribution in [0.1, 0.15) is 36.2 Å². The Bertz CT molecular complexity index is 937. The van der Waals surface area contributed by atoms with E-state index < -0.39 is 21.7 Å². The van der Waals surface area contributed by atoms with Gasteiger partial charge in [-0.3, -0.25) is 4.79 Å². The fourth-order valence-corrected chi connectivity index (χ4v) is 5.37.